The lowest BCUT2D eigenvalue weighted by Crippen LogP contribution is -1.96. The van der Waals surface area contributed by atoms with E-state index in [1.165, 1.54) is 5.39 Å². The molecular weight excluding hydrogens is 202 g/mol. The van der Waals surface area contributed by atoms with Crippen LogP contribution in [0.15, 0.2) is 36.7 Å². The first-order valence-electron chi connectivity index (χ1n) is 5.31. The van der Waals surface area contributed by atoms with Crippen molar-refractivity contribution in [2.45, 2.75) is 19.3 Å². The highest BCUT2D eigenvalue weighted by Gasteiger charge is 2.02. The molecule has 0 aliphatic heterocycles. The van der Waals surface area contributed by atoms with Gasteiger partial charge < -0.3 is 5.11 Å². The van der Waals surface area contributed by atoms with Gasteiger partial charge in [0.2, 0.25) is 0 Å². The lowest BCUT2D eigenvalue weighted by Gasteiger charge is -2.04. The van der Waals surface area contributed by atoms with Crippen molar-refractivity contribution in [3.63, 3.8) is 0 Å². The molecule has 0 unspecified atom stereocenters. The van der Waals surface area contributed by atoms with Gasteiger partial charge in [0.05, 0.1) is 0 Å². The van der Waals surface area contributed by atoms with Crippen LogP contribution < -0.4 is 0 Å². The van der Waals surface area contributed by atoms with Crippen molar-refractivity contribution in [3.8, 4) is 0 Å². The van der Waals surface area contributed by atoms with Gasteiger partial charge >= 0.3 is 5.97 Å². The molecule has 0 spiro atoms. The van der Waals surface area contributed by atoms with Gasteiger partial charge in [0.1, 0.15) is 0 Å². The molecule has 0 aliphatic rings. The Labute approximate surface area is 93.7 Å². The van der Waals surface area contributed by atoms with Crippen LogP contribution >= 0.6 is 0 Å². The highest BCUT2D eigenvalue weighted by atomic mass is 16.4. The highest BCUT2D eigenvalue weighted by molar-refractivity contribution is 5.84. The largest absolute Gasteiger partial charge is 0.481 e. The molecule has 2 rings (SSSR count). The molecule has 1 heterocycles. The molecule has 3 heteroatoms. The maximum absolute atomic E-state index is 10.4. The van der Waals surface area contributed by atoms with Crippen LogP contribution in [-0.4, -0.2) is 16.1 Å². The Morgan fingerprint density at radius 2 is 2.06 bits per heavy atom. The van der Waals surface area contributed by atoms with E-state index in [-0.39, 0.29) is 6.42 Å². The van der Waals surface area contributed by atoms with Gasteiger partial charge in [-0.15, -0.1) is 0 Å². The van der Waals surface area contributed by atoms with Crippen molar-refractivity contribution in [1.29, 1.82) is 0 Å². The van der Waals surface area contributed by atoms with Crippen molar-refractivity contribution < 1.29 is 9.90 Å². The average Bonchev–Trinajstić information content (AvgIpc) is 2.29. The zero-order chi connectivity index (χ0) is 11.4. The summed E-state index contributed by atoms with van der Waals surface area (Å²) < 4.78 is 0. The summed E-state index contributed by atoms with van der Waals surface area (Å²) in [5.41, 5.74) is 1.12. The van der Waals surface area contributed by atoms with Gasteiger partial charge in [0.25, 0.3) is 0 Å². The van der Waals surface area contributed by atoms with Crippen LogP contribution in [0.4, 0.5) is 0 Å². The molecule has 0 radical (unpaired) electrons. The quantitative estimate of drug-likeness (QED) is 0.852. The Bertz CT molecular complexity index is 503. The van der Waals surface area contributed by atoms with E-state index in [0.29, 0.717) is 6.42 Å². The SMILES string of the molecule is O=C(O)CCCc1cncc2ccccc12. The summed E-state index contributed by atoms with van der Waals surface area (Å²) in [6.07, 6.45) is 5.29. The number of aliphatic carboxylic acids is 1. The predicted octanol–water partition coefficient (Wildman–Crippen LogP) is 2.64. The molecule has 3 nitrogen and oxygen atoms in total. The summed E-state index contributed by atoms with van der Waals surface area (Å²) in [7, 11) is 0. The fourth-order valence-corrected chi connectivity index (χ4v) is 1.81. The van der Waals surface area contributed by atoms with E-state index < -0.39 is 5.97 Å². The van der Waals surface area contributed by atoms with Crippen LogP contribution in [0.2, 0.25) is 0 Å². The van der Waals surface area contributed by atoms with E-state index in [9.17, 15) is 4.79 Å². The zero-order valence-electron chi connectivity index (χ0n) is 8.89. The van der Waals surface area contributed by atoms with E-state index in [0.717, 1.165) is 17.4 Å². The molecule has 0 fully saturated rings. The minimum atomic E-state index is -0.742. The molecule has 0 atom stereocenters. The molecule has 2 aromatic rings. The number of carboxylic acid groups (broad SMARTS) is 1. The molecular formula is C13H13NO2. The number of aryl methyl sites for hydroxylation is 1. The minimum Gasteiger partial charge on any atom is -0.481 e. The van der Waals surface area contributed by atoms with Crippen molar-refractivity contribution >= 4 is 16.7 Å². The van der Waals surface area contributed by atoms with Crippen molar-refractivity contribution in [2.75, 3.05) is 0 Å². The monoisotopic (exact) mass is 215 g/mol. The Morgan fingerprint density at radius 3 is 2.88 bits per heavy atom. The molecule has 82 valence electrons. The number of carbonyl (C=O) groups is 1. The zero-order valence-corrected chi connectivity index (χ0v) is 8.89. The first-order chi connectivity index (χ1) is 7.77. The topological polar surface area (TPSA) is 50.2 Å². The van der Waals surface area contributed by atoms with Gasteiger partial charge in [-0.2, -0.15) is 0 Å². The normalized spacial score (nSPS) is 10.5. The Balaban J connectivity index is 2.20. The predicted molar refractivity (Wildman–Crippen MR) is 62.3 cm³/mol. The van der Waals surface area contributed by atoms with Crippen LogP contribution in [0.25, 0.3) is 10.8 Å². The van der Waals surface area contributed by atoms with E-state index in [1.54, 1.807) is 0 Å². The fraction of sp³-hybridized carbons (Fsp3) is 0.231. The van der Waals surface area contributed by atoms with Crippen molar-refractivity contribution in [1.82, 2.24) is 4.98 Å². The van der Waals surface area contributed by atoms with Crippen molar-refractivity contribution in [3.05, 3.63) is 42.2 Å². The third-order valence-electron chi connectivity index (χ3n) is 2.59. The molecule has 0 aliphatic carbocycles. The summed E-state index contributed by atoms with van der Waals surface area (Å²) >= 11 is 0. The number of pyridine rings is 1. The Hall–Kier alpha value is -1.90. The lowest BCUT2D eigenvalue weighted by molar-refractivity contribution is -0.137. The van der Waals surface area contributed by atoms with Gasteiger partial charge in [0.15, 0.2) is 0 Å². The Morgan fingerprint density at radius 1 is 1.25 bits per heavy atom. The van der Waals surface area contributed by atoms with Gasteiger partial charge in [-0.1, -0.05) is 24.3 Å². The van der Waals surface area contributed by atoms with E-state index in [2.05, 4.69) is 4.98 Å². The van der Waals surface area contributed by atoms with E-state index >= 15 is 0 Å². The van der Waals surface area contributed by atoms with Gasteiger partial charge in [-0.3, -0.25) is 9.78 Å². The number of fused-ring (bicyclic) bond motifs is 1. The molecule has 0 bridgehead atoms. The molecule has 1 N–H and O–H groups in total. The number of hydrogen-bond donors (Lipinski definition) is 1. The number of carboxylic acids is 1. The number of aromatic nitrogens is 1. The van der Waals surface area contributed by atoms with E-state index in [4.69, 9.17) is 5.11 Å². The third kappa shape index (κ3) is 2.37. The van der Waals surface area contributed by atoms with E-state index in [1.807, 2.05) is 36.7 Å². The minimum absolute atomic E-state index is 0.212. The molecule has 0 saturated heterocycles. The third-order valence-corrected chi connectivity index (χ3v) is 2.59. The van der Waals surface area contributed by atoms with Crippen LogP contribution in [0.1, 0.15) is 18.4 Å². The molecule has 1 aromatic carbocycles. The first kappa shape index (κ1) is 10.6. The smallest absolute Gasteiger partial charge is 0.303 e. The fourth-order valence-electron chi connectivity index (χ4n) is 1.81. The second-order valence-electron chi connectivity index (χ2n) is 3.77. The first-order valence-corrected chi connectivity index (χ1v) is 5.31. The van der Waals surface area contributed by atoms with Gasteiger partial charge in [-0.05, 0) is 23.8 Å². The number of hydrogen-bond acceptors (Lipinski definition) is 2. The second-order valence-corrected chi connectivity index (χ2v) is 3.77. The summed E-state index contributed by atoms with van der Waals surface area (Å²) in [5.74, 6) is -0.742. The molecule has 0 saturated carbocycles. The number of rotatable bonds is 4. The highest BCUT2D eigenvalue weighted by Crippen LogP contribution is 2.18. The maximum Gasteiger partial charge on any atom is 0.303 e. The second kappa shape index (κ2) is 4.75. The van der Waals surface area contributed by atoms with Gasteiger partial charge in [0, 0.05) is 24.2 Å². The van der Waals surface area contributed by atoms with Crippen LogP contribution in [0.3, 0.4) is 0 Å². The van der Waals surface area contributed by atoms with Crippen molar-refractivity contribution in [2.24, 2.45) is 0 Å². The standard InChI is InChI=1S/C13H13NO2/c15-13(16)7-3-5-11-9-14-8-10-4-1-2-6-12(10)11/h1-2,4,6,8-9H,3,5,7H2,(H,15,16). The van der Waals surface area contributed by atoms with Crippen LogP contribution in [-0.2, 0) is 11.2 Å². The summed E-state index contributed by atoms with van der Waals surface area (Å²) in [5, 5.41) is 10.9. The lowest BCUT2D eigenvalue weighted by atomic mass is 10.0. The average molecular weight is 215 g/mol. The van der Waals surface area contributed by atoms with Gasteiger partial charge in [-0.25, -0.2) is 0 Å². The maximum atomic E-state index is 10.4. The molecule has 0 amide bonds. The molecule has 16 heavy (non-hydrogen) atoms. The summed E-state index contributed by atoms with van der Waals surface area (Å²) in [6.45, 7) is 0. The number of benzene rings is 1. The van der Waals surface area contributed by atoms with Crippen LogP contribution in [0, 0.1) is 0 Å². The Kier molecular flexibility index (Phi) is 3.15. The summed E-state index contributed by atoms with van der Waals surface area (Å²) in [6, 6.07) is 8.03. The number of nitrogens with zero attached hydrogens (tertiary/aromatic N) is 1. The molecule has 1 aromatic heterocycles. The van der Waals surface area contributed by atoms with Crippen LogP contribution in [0.5, 0.6) is 0 Å². The summed E-state index contributed by atoms with van der Waals surface area (Å²) in [4.78, 5) is 14.6.